The molecule has 0 amide bonds. The zero-order chi connectivity index (χ0) is 23.0. The zero-order valence-electron chi connectivity index (χ0n) is 21.6. The number of fused-ring (bicyclic) bond motifs is 3. The molecule has 3 aliphatic rings. The normalized spacial score (nSPS) is 40.7. The summed E-state index contributed by atoms with van der Waals surface area (Å²) in [5, 5.41) is 24.1. The van der Waals surface area contributed by atoms with Crippen LogP contribution in [0.2, 0.25) is 0 Å². The van der Waals surface area contributed by atoms with Crippen molar-refractivity contribution in [3.8, 4) is 0 Å². The molecule has 0 saturated heterocycles. The largest absolute Gasteiger partial charge is 0.411 e. The van der Waals surface area contributed by atoms with E-state index in [9.17, 15) is 10.3 Å². The Morgan fingerprint density at radius 3 is 2.35 bits per heavy atom. The molecule has 0 radical (unpaired) electrons. The first-order valence-electron chi connectivity index (χ1n) is 13.4. The van der Waals surface area contributed by atoms with Crippen LogP contribution in [0.5, 0.6) is 0 Å². The lowest BCUT2D eigenvalue weighted by Crippen LogP contribution is -2.53. The third-order valence-corrected chi connectivity index (χ3v) is 10.2. The van der Waals surface area contributed by atoms with E-state index in [2.05, 4.69) is 39.8 Å². The lowest BCUT2D eigenvalue weighted by atomic mass is 9.47. The maximum atomic E-state index is 10.4. The van der Waals surface area contributed by atoms with Crippen LogP contribution in [-0.2, 0) is 0 Å². The first-order chi connectivity index (χ1) is 14.4. The van der Waals surface area contributed by atoms with E-state index >= 15 is 0 Å². The van der Waals surface area contributed by atoms with Gasteiger partial charge in [0.2, 0.25) is 0 Å². The standard InChI is InChI=1S/C28H51NO2/c1-19(2)9-8-10-20(3)22-12-13-23-21-11-14-25(29-31)28(7,18-17-26(4,5)30)24(21)15-16-27(22,23)6/h19-24,30-31H,8-18H2,1-7H3/b29-25+/t20-,21+,22-,23+,24+,27-,28-/m1/s1. The summed E-state index contributed by atoms with van der Waals surface area (Å²) >= 11 is 0. The first-order valence-corrected chi connectivity index (χ1v) is 13.4. The fourth-order valence-corrected chi connectivity index (χ4v) is 8.37. The lowest BCUT2D eigenvalue weighted by Gasteiger charge is -2.57. The molecule has 31 heavy (non-hydrogen) atoms. The third kappa shape index (κ3) is 5.02. The van der Waals surface area contributed by atoms with Crippen LogP contribution in [0.1, 0.15) is 119 Å². The molecule has 3 heteroatoms. The van der Waals surface area contributed by atoms with E-state index in [-0.39, 0.29) is 5.41 Å². The Labute approximate surface area is 192 Å². The van der Waals surface area contributed by atoms with E-state index in [1.807, 2.05) is 13.8 Å². The quantitative estimate of drug-likeness (QED) is 0.304. The maximum absolute atomic E-state index is 10.4. The van der Waals surface area contributed by atoms with Crippen LogP contribution in [0.4, 0.5) is 0 Å². The van der Waals surface area contributed by atoms with E-state index in [0.29, 0.717) is 11.3 Å². The Balaban J connectivity index is 1.76. The second-order valence-electron chi connectivity index (χ2n) is 13.2. The summed E-state index contributed by atoms with van der Waals surface area (Å²) in [5.74, 6) is 4.71. The van der Waals surface area contributed by atoms with Crippen molar-refractivity contribution in [3.63, 3.8) is 0 Å². The summed E-state index contributed by atoms with van der Waals surface area (Å²) in [7, 11) is 0. The average Bonchev–Trinajstić information content (AvgIpc) is 3.03. The summed E-state index contributed by atoms with van der Waals surface area (Å²) in [6.07, 6.45) is 13.3. The number of nitrogens with zero attached hydrogens (tertiary/aromatic N) is 1. The Morgan fingerprint density at radius 2 is 1.74 bits per heavy atom. The summed E-state index contributed by atoms with van der Waals surface area (Å²) in [6.45, 7) is 16.0. The van der Waals surface area contributed by atoms with Crippen molar-refractivity contribution in [2.75, 3.05) is 0 Å². The second-order valence-corrected chi connectivity index (χ2v) is 13.2. The van der Waals surface area contributed by atoms with Crippen molar-refractivity contribution in [1.82, 2.24) is 0 Å². The van der Waals surface area contributed by atoms with Gasteiger partial charge in [0.05, 0.1) is 11.3 Å². The van der Waals surface area contributed by atoms with Gasteiger partial charge in [-0.15, -0.1) is 0 Å². The molecule has 0 aromatic heterocycles. The smallest absolute Gasteiger partial charge is 0.0632 e. The van der Waals surface area contributed by atoms with E-state index in [1.165, 1.54) is 51.4 Å². The molecule has 0 bridgehead atoms. The van der Waals surface area contributed by atoms with Gasteiger partial charge in [-0.25, -0.2) is 0 Å². The number of rotatable bonds is 8. The summed E-state index contributed by atoms with van der Waals surface area (Å²) in [4.78, 5) is 0. The second kappa shape index (κ2) is 9.35. The average molecular weight is 434 g/mol. The lowest BCUT2D eigenvalue weighted by molar-refractivity contribution is -0.0501. The highest BCUT2D eigenvalue weighted by Gasteiger charge is 2.59. The van der Waals surface area contributed by atoms with Crippen LogP contribution in [0.3, 0.4) is 0 Å². The predicted octanol–water partition coefficient (Wildman–Crippen LogP) is 7.69. The highest BCUT2D eigenvalue weighted by Crippen LogP contribution is 2.66. The molecule has 3 nitrogen and oxygen atoms in total. The minimum atomic E-state index is -0.663. The molecule has 3 fully saturated rings. The minimum absolute atomic E-state index is 0.0695. The Kier molecular flexibility index (Phi) is 7.56. The monoisotopic (exact) mass is 433 g/mol. The van der Waals surface area contributed by atoms with Gasteiger partial charge in [0.1, 0.15) is 0 Å². The molecule has 0 heterocycles. The molecular weight excluding hydrogens is 382 g/mol. The topological polar surface area (TPSA) is 52.8 Å². The van der Waals surface area contributed by atoms with E-state index < -0.39 is 5.60 Å². The highest BCUT2D eigenvalue weighted by atomic mass is 16.4. The molecule has 0 aromatic carbocycles. The van der Waals surface area contributed by atoms with Gasteiger partial charge in [0, 0.05) is 5.41 Å². The maximum Gasteiger partial charge on any atom is 0.0632 e. The molecule has 7 atom stereocenters. The third-order valence-electron chi connectivity index (χ3n) is 10.2. The molecule has 3 saturated carbocycles. The number of aliphatic hydroxyl groups is 1. The van der Waals surface area contributed by atoms with Crippen LogP contribution in [0, 0.1) is 46.3 Å². The van der Waals surface area contributed by atoms with Gasteiger partial charge >= 0.3 is 0 Å². The van der Waals surface area contributed by atoms with Crippen molar-refractivity contribution in [1.29, 1.82) is 0 Å². The van der Waals surface area contributed by atoms with Gasteiger partial charge in [-0.05, 0) is 106 Å². The van der Waals surface area contributed by atoms with Crippen LogP contribution in [-0.4, -0.2) is 21.6 Å². The van der Waals surface area contributed by atoms with Gasteiger partial charge in [-0.3, -0.25) is 0 Å². The minimum Gasteiger partial charge on any atom is -0.411 e. The van der Waals surface area contributed by atoms with Crippen molar-refractivity contribution < 1.29 is 10.3 Å². The van der Waals surface area contributed by atoms with Gasteiger partial charge in [-0.1, -0.05) is 59.0 Å². The van der Waals surface area contributed by atoms with Crippen LogP contribution >= 0.6 is 0 Å². The van der Waals surface area contributed by atoms with Gasteiger partial charge in [0.25, 0.3) is 0 Å². The highest BCUT2D eigenvalue weighted by molar-refractivity contribution is 5.90. The molecule has 0 aromatic rings. The Morgan fingerprint density at radius 1 is 1.03 bits per heavy atom. The van der Waals surface area contributed by atoms with E-state index in [0.717, 1.165) is 54.6 Å². The molecule has 2 N–H and O–H groups in total. The molecule has 0 spiro atoms. The summed E-state index contributed by atoms with van der Waals surface area (Å²) in [6, 6.07) is 0. The van der Waals surface area contributed by atoms with Crippen molar-refractivity contribution in [3.05, 3.63) is 0 Å². The molecule has 180 valence electrons. The zero-order valence-corrected chi connectivity index (χ0v) is 21.6. The Hall–Kier alpha value is -0.570. The van der Waals surface area contributed by atoms with Crippen molar-refractivity contribution in [2.24, 2.45) is 51.5 Å². The van der Waals surface area contributed by atoms with Gasteiger partial charge < -0.3 is 10.3 Å². The van der Waals surface area contributed by atoms with Crippen molar-refractivity contribution in [2.45, 2.75) is 125 Å². The number of hydrogen-bond acceptors (Lipinski definition) is 3. The van der Waals surface area contributed by atoms with Crippen LogP contribution in [0.15, 0.2) is 5.16 Å². The van der Waals surface area contributed by atoms with Crippen LogP contribution < -0.4 is 0 Å². The molecular formula is C28H51NO2. The SMILES string of the molecule is CC(C)CCC[C@@H](C)[C@H]1CC[C@H]2[C@@H]3CC/C(=N\O)[C@](C)(CCC(C)(C)O)[C@H]3CC[C@]12C. The summed E-state index contributed by atoms with van der Waals surface area (Å²) in [5.41, 5.74) is 0.755. The number of oxime groups is 1. The molecule has 3 aliphatic carbocycles. The Bertz CT molecular complexity index is 635. The summed E-state index contributed by atoms with van der Waals surface area (Å²) < 4.78 is 0. The molecule has 3 rings (SSSR count). The van der Waals surface area contributed by atoms with E-state index in [4.69, 9.17) is 0 Å². The molecule has 0 unspecified atom stereocenters. The first kappa shape index (κ1) is 25.1. The van der Waals surface area contributed by atoms with Gasteiger partial charge in [-0.2, -0.15) is 0 Å². The molecule has 0 aliphatic heterocycles. The predicted molar refractivity (Wildman–Crippen MR) is 130 cm³/mol. The van der Waals surface area contributed by atoms with Crippen LogP contribution in [0.25, 0.3) is 0 Å². The van der Waals surface area contributed by atoms with Crippen molar-refractivity contribution >= 4 is 5.71 Å². The fourth-order valence-electron chi connectivity index (χ4n) is 8.37. The van der Waals surface area contributed by atoms with Gasteiger partial charge in [0.15, 0.2) is 0 Å². The number of hydrogen-bond donors (Lipinski definition) is 2. The fraction of sp³-hybridized carbons (Fsp3) is 0.964. The van der Waals surface area contributed by atoms with E-state index in [1.54, 1.807) is 0 Å².